The van der Waals surface area contributed by atoms with Gasteiger partial charge in [0.25, 0.3) is 0 Å². The zero-order valence-corrected chi connectivity index (χ0v) is 9.60. The number of methoxy groups -OCH3 is 1. The van der Waals surface area contributed by atoms with Crippen molar-refractivity contribution >= 4 is 17.3 Å². The maximum absolute atomic E-state index is 10.8. The molecule has 15 heavy (non-hydrogen) atoms. The Morgan fingerprint density at radius 3 is 2.93 bits per heavy atom. The minimum Gasteiger partial charge on any atom is -0.469 e. The molecule has 0 aliphatic carbocycles. The number of carbonyl (C=O) groups is 1. The minimum absolute atomic E-state index is 0.134. The van der Waals surface area contributed by atoms with E-state index in [1.54, 1.807) is 11.3 Å². The molecule has 3 heteroatoms. The molecular weight excluding hydrogens is 208 g/mol. The summed E-state index contributed by atoms with van der Waals surface area (Å²) in [4.78, 5) is 13.1. The first-order valence-corrected chi connectivity index (χ1v) is 5.70. The van der Waals surface area contributed by atoms with Crippen molar-refractivity contribution in [3.8, 4) is 12.3 Å². The van der Waals surface area contributed by atoms with Gasteiger partial charge in [-0.3, -0.25) is 4.79 Å². The molecule has 0 amide bonds. The summed E-state index contributed by atoms with van der Waals surface area (Å²) in [5.41, 5.74) is 0. The molecule has 0 radical (unpaired) electrons. The van der Waals surface area contributed by atoms with E-state index in [0.29, 0.717) is 6.42 Å². The number of terminal acetylenes is 1. The lowest BCUT2D eigenvalue weighted by atomic mass is 10.2. The second-order valence-electron chi connectivity index (χ2n) is 3.19. The van der Waals surface area contributed by atoms with Gasteiger partial charge in [0.2, 0.25) is 0 Å². The van der Waals surface area contributed by atoms with Crippen LogP contribution in [0.1, 0.15) is 29.0 Å². The summed E-state index contributed by atoms with van der Waals surface area (Å²) < 4.78 is 4.56. The summed E-state index contributed by atoms with van der Waals surface area (Å²) in [5.74, 6) is 2.48. The zero-order chi connectivity index (χ0) is 11.1. The van der Waals surface area contributed by atoms with Crippen LogP contribution in [0.15, 0.2) is 12.1 Å². The van der Waals surface area contributed by atoms with Crippen LogP contribution >= 0.6 is 11.3 Å². The molecule has 0 aliphatic heterocycles. The number of ether oxygens (including phenoxy) is 1. The van der Waals surface area contributed by atoms with Gasteiger partial charge in [-0.05, 0) is 31.4 Å². The fourth-order valence-electron chi connectivity index (χ4n) is 1.26. The molecule has 0 bridgehead atoms. The normalized spacial score (nSPS) is 9.60. The average molecular weight is 222 g/mol. The lowest BCUT2D eigenvalue weighted by Crippen LogP contribution is -1.99. The summed E-state index contributed by atoms with van der Waals surface area (Å²) in [6, 6.07) is 4.01. The van der Waals surface area contributed by atoms with Gasteiger partial charge in [-0.2, -0.15) is 0 Å². The molecule has 0 saturated carbocycles. The quantitative estimate of drug-likeness (QED) is 0.435. The van der Waals surface area contributed by atoms with Crippen molar-refractivity contribution in [3.05, 3.63) is 21.9 Å². The molecule has 0 spiro atoms. The van der Waals surface area contributed by atoms with Crippen molar-refractivity contribution in [2.45, 2.75) is 25.7 Å². The van der Waals surface area contributed by atoms with E-state index in [9.17, 15) is 4.79 Å². The predicted molar refractivity (Wildman–Crippen MR) is 61.8 cm³/mol. The molecular formula is C12H14O2S. The number of unbranched alkanes of at least 4 members (excludes halogenated alkanes) is 1. The summed E-state index contributed by atoms with van der Waals surface area (Å²) in [7, 11) is 1.42. The van der Waals surface area contributed by atoms with Gasteiger partial charge in [-0.15, -0.1) is 17.8 Å². The van der Waals surface area contributed by atoms with Crippen molar-refractivity contribution < 1.29 is 9.53 Å². The number of hydrogen-bond acceptors (Lipinski definition) is 3. The van der Waals surface area contributed by atoms with Gasteiger partial charge >= 0.3 is 5.97 Å². The van der Waals surface area contributed by atoms with E-state index >= 15 is 0 Å². The predicted octanol–water partition coefficient (Wildman–Crippen LogP) is 2.62. The van der Waals surface area contributed by atoms with Crippen LogP contribution in [0, 0.1) is 12.3 Å². The molecule has 2 nitrogen and oxygen atoms in total. The second-order valence-corrected chi connectivity index (χ2v) is 4.36. The number of aryl methyl sites for hydroxylation is 1. The van der Waals surface area contributed by atoms with Crippen LogP contribution in [0.25, 0.3) is 0 Å². The number of carbonyl (C=O) groups excluding carboxylic acids is 1. The van der Waals surface area contributed by atoms with Crippen molar-refractivity contribution in [2.75, 3.05) is 7.11 Å². The molecule has 0 fully saturated rings. The number of thiophene rings is 1. The van der Waals surface area contributed by atoms with Crippen LogP contribution in [0.4, 0.5) is 0 Å². The van der Waals surface area contributed by atoms with Crippen LogP contribution < -0.4 is 0 Å². The maximum atomic E-state index is 10.8. The highest BCUT2D eigenvalue weighted by Crippen LogP contribution is 2.17. The van der Waals surface area contributed by atoms with Gasteiger partial charge in [0.1, 0.15) is 0 Å². The lowest BCUT2D eigenvalue weighted by Gasteiger charge is -1.98. The fraction of sp³-hybridized carbons (Fsp3) is 0.417. The van der Waals surface area contributed by atoms with Crippen molar-refractivity contribution in [3.63, 3.8) is 0 Å². The van der Waals surface area contributed by atoms with E-state index in [1.807, 2.05) is 6.07 Å². The van der Waals surface area contributed by atoms with Crippen molar-refractivity contribution in [1.82, 2.24) is 0 Å². The topological polar surface area (TPSA) is 26.3 Å². The standard InChI is InChI=1S/C12H14O2S/c1-3-10-8-9-11(15-10)6-4-5-7-12(13)14-2/h1,8-9H,4-7H2,2H3. The first-order valence-electron chi connectivity index (χ1n) is 4.88. The van der Waals surface area contributed by atoms with Crippen LogP contribution in [0.2, 0.25) is 0 Å². The first-order chi connectivity index (χ1) is 7.26. The molecule has 1 rings (SSSR count). The van der Waals surface area contributed by atoms with Crippen LogP contribution in [-0.4, -0.2) is 13.1 Å². The second kappa shape index (κ2) is 6.26. The summed E-state index contributed by atoms with van der Waals surface area (Å²) in [6.07, 6.45) is 8.64. The molecule has 0 atom stereocenters. The largest absolute Gasteiger partial charge is 0.469 e. The highest BCUT2D eigenvalue weighted by Gasteiger charge is 2.01. The molecule has 1 aromatic rings. The highest BCUT2D eigenvalue weighted by atomic mass is 32.1. The van der Waals surface area contributed by atoms with Crippen LogP contribution in [-0.2, 0) is 16.0 Å². The Morgan fingerprint density at radius 2 is 2.33 bits per heavy atom. The SMILES string of the molecule is C#Cc1ccc(CCCCC(=O)OC)s1. The zero-order valence-electron chi connectivity index (χ0n) is 8.79. The van der Waals surface area contributed by atoms with Crippen LogP contribution in [0.3, 0.4) is 0 Å². The van der Waals surface area contributed by atoms with E-state index in [2.05, 4.69) is 16.7 Å². The summed E-state index contributed by atoms with van der Waals surface area (Å²) in [6.45, 7) is 0. The molecule has 0 N–H and O–H groups in total. The monoisotopic (exact) mass is 222 g/mol. The van der Waals surface area contributed by atoms with Gasteiger partial charge in [-0.25, -0.2) is 0 Å². The Hall–Kier alpha value is -1.27. The first kappa shape index (κ1) is 11.8. The van der Waals surface area contributed by atoms with E-state index in [-0.39, 0.29) is 5.97 Å². The van der Waals surface area contributed by atoms with Gasteiger partial charge in [0.05, 0.1) is 12.0 Å². The molecule has 0 aliphatic rings. The molecule has 80 valence electrons. The van der Waals surface area contributed by atoms with Gasteiger partial charge in [0, 0.05) is 11.3 Å². The smallest absolute Gasteiger partial charge is 0.305 e. The number of hydrogen-bond donors (Lipinski definition) is 0. The van der Waals surface area contributed by atoms with Crippen molar-refractivity contribution in [2.24, 2.45) is 0 Å². The summed E-state index contributed by atoms with van der Waals surface area (Å²) in [5, 5.41) is 0. The molecule has 1 heterocycles. The fourth-order valence-corrected chi connectivity index (χ4v) is 2.12. The minimum atomic E-state index is -0.134. The third-order valence-electron chi connectivity index (χ3n) is 2.09. The van der Waals surface area contributed by atoms with E-state index < -0.39 is 0 Å². The molecule has 0 saturated heterocycles. The van der Waals surface area contributed by atoms with Gasteiger partial charge < -0.3 is 4.74 Å². The Kier molecular flexibility index (Phi) is 4.92. The average Bonchev–Trinajstić information content (AvgIpc) is 2.72. The lowest BCUT2D eigenvalue weighted by molar-refractivity contribution is -0.140. The highest BCUT2D eigenvalue weighted by molar-refractivity contribution is 7.12. The third kappa shape index (κ3) is 4.18. The van der Waals surface area contributed by atoms with Crippen LogP contribution in [0.5, 0.6) is 0 Å². The van der Waals surface area contributed by atoms with E-state index in [4.69, 9.17) is 6.42 Å². The van der Waals surface area contributed by atoms with Gasteiger partial charge in [-0.1, -0.05) is 5.92 Å². The number of esters is 1. The summed E-state index contributed by atoms with van der Waals surface area (Å²) >= 11 is 1.65. The third-order valence-corrected chi connectivity index (χ3v) is 3.16. The van der Waals surface area contributed by atoms with Crippen molar-refractivity contribution in [1.29, 1.82) is 0 Å². The molecule has 1 aromatic heterocycles. The maximum Gasteiger partial charge on any atom is 0.305 e. The molecule has 0 unspecified atom stereocenters. The molecule has 0 aromatic carbocycles. The Bertz CT molecular complexity index is 360. The number of rotatable bonds is 5. The Labute approximate surface area is 94.3 Å². The Morgan fingerprint density at radius 1 is 1.53 bits per heavy atom. The van der Waals surface area contributed by atoms with E-state index in [1.165, 1.54) is 12.0 Å². The van der Waals surface area contributed by atoms with E-state index in [0.717, 1.165) is 24.1 Å². The Balaban J connectivity index is 2.21. The van der Waals surface area contributed by atoms with Gasteiger partial charge in [0.15, 0.2) is 0 Å².